The third-order valence-corrected chi connectivity index (χ3v) is 2.74. The van der Waals surface area contributed by atoms with Gasteiger partial charge < -0.3 is 4.42 Å². The molecular formula is C14H11NO. The van der Waals surface area contributed by atoms with Crippen molar-refractivity contribution in [1.29, 1.82) is 0 Å². The Bertz CT molecular complexity index is 667. The molecule has 0 saturated heterocycles. The molecule has 0 saturated carbocycles. The van der Waals surface area contributed by atoms with Gasteiger partial charge in [-0.05, 0) is 30.5 Å². The van der Waals surface area contributed by atoms with E-state index in [9.17, 15) is 0 Å². The maximum atomic E-state index is 5.74. The molecule has 3 rings (SSSR count). The molecule has 0 aliphatic heterocycles. The largest absolute Gasteiger partial charge is 0.456 e. The lowest BCUT2D eigenvalue weighted by Gasteiger charge is -1.95. The molecule has 3 aromatic rings. The van der Waals surface area contributed by atoms with Crippen LogP contribution in [0.15, 0.2) is 51.9 Å². The average molecular weight is 209 g/mol. The van der Waals surface area contributed by atoms with E-state index in [2.05, 4.69) is 23.8 Å². The summed E-state index contributed by atoms with van der Waals surface area (Å²) in [6.45, 7) is 4.16. The molecule has 0 radical (unpaired) electrons. The summed E-state index contributed by atoms with van der Waals surface area (Å²) >= 11 is 0. The molecular weight excluding hydrogens is 198 g/mol. The van der Waals surface area contributed by atoms with Crippen LogP contribution in [0, 0.1) is 0 Å². The number of fused-ring (bicyclic) bond motifs is 3. The Morgan fingerprint density at radius 3 is 2.69 bits per heavy atom. The highest BCUT2D eigenvalue weighted by Gasteiger charge is 2.05. The fourth-order valence-corrected chi connectivity index (χ4v) is 2.00. The van der Waals surface area contributed by atoms with Crippen LogP contribution in [-0.2, 0) is 6.54 Å². The van der Waals surface area contributed by atoms with Crippen LogP contribution < -0.4 is 0 Å². The van der Waals surface area contributed by atoms with Crippen molar-refractivity contribution in [3.8, 4) is 0 Å². The van der Waals surface area contributed by atoms with Gasteiger partial charge in [0.05, 0.1) is 6.54 Å². The van der Waals surface area contributed by atoms with Gasteiger partial charge in [0.25, 0.3) is 0 Å². The van der Waals surface area contributed by atoms with Crippen molar-refractivity contribution < 1.29 is 4.42 Å². The summed E-state index contributed by atoms with van der Waals surface area (Å²) in [5, 5.41) is 2.31. The molecule has 1 aromatic heterocycles. The first kappa shape index (κ1) is 9.16. The highest BCUT2D eigenvalue weighted by molar-refractivity contribution is 6.04. The van der Waals surface area contributed by atoms with Crippen LogP contribution in [-0.4, -0.2) is 6.72 Å². The van der Waals surface area contributed by atoms with Crippen LogP contribution in [0.2, 0.25) is 0 Å². The van der Waals surface area contributed by atoms with Crippen LogP contribution in [0.1, 0.15) is 5.56 Å². The van der Waals surface area contributed by atoms with Gasteiger partial charge in [0, 0.05) is 10.8 Å². The molecule has 0 unspecified atom stereocenters. The Labute approximate surface area is 93.2 Å². The van der Waals surface area contributed by atoms with Crippen molar-refractivity contribution in [3.05, 3.63) is 48.0 Å². The normalized spacial score (nSPS) is 11.0. The smallest absolute Gasteiger partial charge is 0.135 e. The van der Waals surface area contributed by atoms with Crippen molar-refractivity contribution in [1.82, 2.24) is 0 Å². The summed E-state index contributed by atoms with van der Waals surface area (Å²) in [6, 6.07) is 14.2. The van der Waals surface area contributed by atoms with E-state index >= 15 is 0 Å². The number of benzene rings is 2. The van der Waals surface area contributed by atoms with E-state index in [-0.39, 0.29) is 0 Å². The molecule has 0 spiro atoms. The number of furan rings is 1. The average Bonchev–Trinajstić information content (AvgIpc) is 2.68. The highest BCUT2D eigenvalue weighted by Crippen LogP contribution is 2.29. The minimum absolute atomic E-state index is 0.648. The highest BCUT2D eigenvalue weighted by atomic mass is 16.3. The number of hydrogen-bond donors (Lipinski definition) is 0. The van der Waals surface area contributed by atoms with Crippen LogP contribution in [0.5, 0.6) is 0 Å². The number of nitrogens with zero attached hydrogens (tertiary/aromatic N) is 1. The third-order valence-electron chi connectivity index (χ3n) is 2.74. The molecule has 1 heterocycles. The van der Waals surface area contributed by atoms with Gasteiger partial charge in [-0.2, -0.15) is 0 Å². The molecule has 0 amide bonds. The lowest BCUT2D eigenvalue weighted by atomic mass is 10.1. The fourth-order valence-electron chi connectivity index (χ4n) is 2.00. The molecule has 2 heteroatoms. The van der Waals surface area contributed by atoms with Gasteiger partial charge in [-0.1, -0.05) is 24.3 Å². The summed E-state index contributed by atoms with van der Waals surface area (Å²) in [4.78, 5) is 3.90. The quantitative estimate of drug-likeness (QED) is 0.589. The van der Waals surface area contributed by atoms with Crippen molar-refractivity contribution in [2.75, 3.05) is 0 Å². The van der Waals surface area contributed by atoms with Crippen LogP contribution in [0.25, 0.3) is 21.9 Å². The third kappa shape index (κ3) is 1.31. The molecule has 16 heavy (non-hydrogen) atoms. The van der Waals surface area contributed by atoms with E-state index in [0.717, 1.165) is 27.5 Å². The standard InChI is InChI=1S/C14H11NO/c1-15-9-10-6-7-14-12(8-10)11-4-2-3-5-13(11)16-14/h2-8H,1,9H2. The molecule has 2 aromatic carbocycles. The first-order valence-electron chi connectivity index (χ1n) is 5.21. The van der Waals surface area contributed by atoms with E-state index in [0.29, 0.717) is 6.54 Å². The van der Waals surface area contributed by atoms with E-state index in [4.69, 9.17) is 4.42 Å². The van der Waals surface area contributed by atoms with Crippen LogP contribution >= 0.6 is 0 Å². The zero-order valence-corrected chi connectivity index (χ0v) is 8.81. The van der Waals surface area contributed by atoms with Crippen molar-refractivity contribution in [2.24, 2.45) is 4.99 Å². The van der Waals surface area contributed by atoms with E-state index < -0.39 is 0 Å². The summed E-state index contributed by atoms with van der Waals surface area (Å²) in [6.07, 6.45) is 0. The van der Waals surface area contributed by atoms with Crippen molar-refractivity contribution >= 4 is 28.7 Å². The minimum Gasteiger partial charge on any atom is -0.456 e. The van der Waals surface area contributed by atoms with Gasteiger partial charge in [0.2, 0.25) is 0 Å². The lowest BCUT2D eigenvalue weighted by Crippen LogP contribution is -1.79. The predicted molar refractivity (Wildman–Crippen MR) is 67.0 cm³/mol. The minimum atomic E-state index is 0.648. The van der Waals surface area contributed by atoms with Crippen molar-refractivity contribution in [2.45, 2.75) is 6.54 Å². The summed E-state index contributed by atoms with van der Waals surface area (Å²) < 4.78 is 5.74. The Hall–Kier alpha value is -2.09. The van der Waals surface area contributed by atoms with Gasteiger partial charge in [-0.3, -0.25) is 4.99 Å². The Morgan fingerprint density at radius 1 is 1.00 bits per heavy atom. The summed E-state index contributed by atoms with van der Waals surface area (Å²) in [7, 11) is 0. The Kier molecular flexibility index (Phi) is 2.00. The molecule has 2 nitrogen and oxygen atoms in total. The number of aliphatic imine (C=N–C) groups is 1. The zero-order chi connectivity index (χ0) is 11.0. The van der Waals surface area contributed by atoms with Crippen LogP contribution in [0.3, 0.4) is 0 Å². The molecule has 0 bridgehead atoms. The zero-order valence-electron chi connectivity index (χ0n) is 8.81. The molecule has 0 N–H and O–H groups in total. The fraction of sp³-hybridized carbons (Fsp3) is 0.0714. The maximum Gasteiger partial charge on any atom is 0.135 e. The predicted octanol–water partition coefficient (Wildman–Crippen LogP) is 3.79. The van der Waals surface area contributed by atoms with Gasteiger partial charge in [0.15, 0.2) is 0 Å². The van der Waals surface area contributed by atoms with Crippen LogP contribution in [0.4, 0.5) is 0 Å². The first-order valence-corrected chi connectivity index (χ1v) is 5.21. The summed E-state index contributed by atoms with van der Waals surface area (Å²) in [5.41, 5.74) is 3.02. The number of rotatable bonds is 2. The van der Waals surface area contributed by atoms with E-state index in [1.54, 1.807) is 0 Å². The first-order chi connectivity index (χ1) is 7.88. The Morgan fingerprint density at radius 2 is 1.81 bits per heavy atom. The molecule has 0 aliphatic rings. The van der Waals surface area contributed by atoms with Crippen molar-refractivity contribution in [3.63, 3.8) is 0 Å². The van der Waals surface area contributed by atoms with Gasteiger partial charge >= 0.3 is 0 Å². The number of hydrogen-bond acceptors (Lipinski definition) is 2. The molecule has 0 fully saturated rings. The van der Waals surface area contributed by atoms with Gasteiger partial charge in [0.1, 0.15) is 11.2 Å². The monoisotopic (exact) mass is 209 g/mol. The topological polar surface area (TPSA) is 25.5 Å². The summed E-state index contributed by atoms with van der Waals surface area (Å²) in [5.74, 6) is 0. The molecule has 78 valence electrons. The van der Waals surface area contributed by atoms with E-state index in [1.807, 2.05) is 30.3 Å². The van der Waals surface area contributed by atoms with E-state index in [1.165, 1.54) is 0 Å². The lowest BCUT2D eigenvalue weighted by molar-refractivity contribution is 0.669. The SMILES string of the molecule is C=NCc1ccc2oc3ccccc3c2c1. The molecule has 0 atom stereocenters. The second-order valence-electron chi connectivity index (χ2n) is 3.81. The second-order valence-corrected chi connectivity index (χ2v) is 3.81. The van der Waals surface area contributed by atoms with Gasteiger partial charge in [-0.15, -0.1) is 0 Å². The maximum absolute atomic E-state index is 5.74. The number of para-hydroxylation sites is 1. The second kappa shape index (κ2) is 3.49. The Balaban J connectivity index is 2.35. The molecule has 0 aliphatic carbocycles. The van der Waals surface area contributed by atoms with Gasteiger partial charge in [-0.25, -0.2) is 0 Å².